The smallest absolute Gasteiger partial charge is 0.315 e. The standard InChI is InChI=1S/C9H14O5S/c1-6(9(11)14-2)8(10)7-3-4-15(12,13)5-7/h6-7H,3-5H2,1-2H3. The van der Waals surface area contributed by atoms with Gasteiger partial charge >= 0.3 is 5.97 Å². The fraction of sp³-hybridized carbons (Fsp3) is 0.778. The molecule has 1 aliphatic rings. The molecule has 0 bridgehead atoms. The fourth-order valence-electron chi connectivity index (χ4n) is 1.67. The maximum atomic E-state index is 11.7. The Morgan fingerprint density at radius 2 is 2.00 bits per heavy atom. The second kappa shape index (κ2) is 4.30. The molecular weight excluding hydrogens is 220 g/mol. The Morgan fingerprint density at radius 1 is 1.40 bits per heavy atom. The first-order chi connectivity index (χ1) is 6.87. The maximum Gasteiger partial charge on any atom is 0.315 e. The number of sulfone groups is 1. The molecule has 0 radical (unpaired) electrons. The fourth-order valence-corrected chi connectivity index (χ4v) is 3.42. The SMILES string of the molecule is COC(=O)C(C)C(=O)C1CCS(=O)(=O)C1. The third kappa shape index (κ3) is 2.77. The highest BCUT2D eigenvalue weighted by atomic mass is 32.2. The zero-order valence-corrected chi connectivity index (χ0v) is 9.54. The van der Waals surface area contributed by atoms with E-state index in [0.717, 1.165) is 0 Å². The van der Waals surface area contributed by atoms with E-state index in [9.17, 15) is 18.0 Å². The van der Waals surface area contributed by atoms with Crippen LogP contribution < -0.4 is 0 Å². The molecule has 1 fully saturated rings. The van der Waals surface area contributed by atoms with Crippen LogP contribution in [0.2, 0.25) is 0 Å². The number of Topliss-reactive ketones (excluding diaryl/α,β-unsaturated/α-hetero) is 1. The summed E-state index contributed by atoms with van der Waals surface area (Å²) in [5.74, 6) is -2.44. The average molecular weight is 234 g/mol. The molecule has 15 heavy (non-hydrogen) atoms. The highest BCUT2D eigenvalue weighted by molar-refractivity contribution is 7.91. The Labute approximate surface area is 88.7 Å². The van der Waals surface area contributed by atoms with Crippen molar-refractivity contribution in [1.29, 1.82) is 0 Å². The van der Waals surface area contributed by atoms with Crippen molar-refractivity contribution in [2.45, 2.75) is 13.3 Å². The zero-order chi connectivity index (χ0) is 11.6. The lowest BCUT2D eigenvalue weighted by atomic mass is 9.94. The van der Waals surface area contributed by atoms with E-state index in [1.807, 2.05) is 0 Å². The van der Waals surface area contributed by atoms with Gasteiger partial charge in [0.1, 0.15) is 5.92 Å². The molecule has 1 aliphatic heterocycles. The van der Waals surface area contributed by atoms with E-state index >= 15 is 0 Å². The van der Waals surface area contributed by atoms with E-state index in [0.29, 0.717) is 6.42 Å². The molecule has 1 saturated heterocycles. The monoisotopic (exact) mass is 234 g/mol. The quantitative estimate of drug-likeness (QED) is 0.499. The topological polar surface area (TPSA) is 77.5 Å². The number of ether oxygens (including phenoxy) is 1. The first-order valence-electron chi connectivity index (χ1n) is 4.69. The summed E-state index contributed by atoms with van der Waals surface area (Å²) in [6.07, 6.45) is 0.322. The third-order valence-corrected chi connectivity index (χ3v) is 4.38. The molecule has 2 unspecified atom stereocenters. The van der Waals surface area contributed by atoms with Gasteiger partial charge < -0.3 is 4.74 Å². The lowest BCUT2D eigenvalue weighted by Gasteiger charge is -2.11. The summed E-state index contributed by atoms with van der Waals surface area (Å²) < 4.78 is 26.7. The molecule has 0 aromatic heterocycles. The molecular formula is C9H14O5S. The van der Waals surface area contributed by atoms with Crippen LogP contribution >= 0.6 is 0 Å². The predicted molar refractivity (Wildman–Crippen MR) is 52.9 cm³/mol. The molecule has 86 valence electrons. The minimum absolute atomic E-state index is 0.0390. The van der Waals surface area contributed by atoms with Gasteiger partial charge in [0.2, 0.25) is 0 Å². The van der Waals surface area contributed by atoms with E-state index in [1.54, 1.807) is 0 Å². The van der Waals surface area contributed by atoms with Gasteiger partial charge in [-0.15, -0.1) is 0 Å². The molecule has 5 nitrogen and oxygen atoms in total. The largest absolute Gasteiger partial charge is 0.468 e. The molecule has 1 rings (SSSR count). The summed E-state index contributed by atoms with van der Waals surface area (Å²) in [6.45, 7) is 1.44. The molecule has 2 atom stereocenters. The van der Waals surface area contributed by atoms with Crippen LogP contribution in [0.25, 0.3) is 0 Å². The van der Waals surface area contributed by atoms with Gasteiger partial charge in [0, 0.05) is 5.92 Å². The Morgan fingerprint density at radius 3 is 2.40 bits per heavy atom. The third-order valence-electron chi connectivity index (χ3n) is 2.62. The number of ketones is 1. The Balaban J connectivity index is 2.67. The highest BCUT2D eigenvalue weighted by Gasteiger charge is 2.37. The van der Waals surface area contributed by atoms with E-state index in [2.05, 4.69) is 4.74 Å². The number of hydrogen-bond donors (Lipinski definition) is 0. The van der Waals surface area contributed by atoms with Crippen LogP contribution in [0.1, 0.15) is 13.3 Å². The van der Waals surface area contributed by atoms with E-state index in [1.165, 1.54) is 14.0 Å². The van der Waals surface area contributed by atoms with Crippen molar-refractivity contribution in [2.75, 3.05) is 18.6 Å². The van der Waals surface area contributed by atoms with Crippen molar-refractivity contribution in [3.05, 3.63) is 0 Å². The van der Waals surface area contributed by atoms with Gasteiger partial charge in [-0.25, -0.2) is 8.42 Å². The van der Waals surface area contributed by atoms with Gasteiger partial charge in [0.05, 0.1) is 18.6 Å². The predicted octanol–water partition coefficient (Wildman–Crippen LogP) is -0.201. The summed E-state index contributed by atoms with van der Waals surface area (Å²) in [5.41, 5.74) is 0. The number of esters is 1. The lowest BCUT2D eigenvalue weighted by Crippen LogP contribution is -2.29. The lowest BCUT2D eigenvalue weighted by molar-refractivity contribution is -0.149. The summed E-state index contributed by atoms with van der Waals surface area (Å²) >= 11 is 0. The van der Waals surface area contributed by atoms with Crippen molar-refractivity contribution in [2.24, 2.45) is 11.8 Å². The summed E-state index contributed by atoms with van der Waals surface area (Å²) in [4.78, 5) is 22.7. The van der Waals surface area contributed by atoms with Crippen LogP contribution in [0.15, 0.2) is 0 Å². The minimum Gasteiger partial charge on any atom is -0.468 e. The van der Waals surface area contributed by atoms with Crippen molar-refractivity contribution in [3.63, 3.8) is 0 Å². The summed E-state index contributed by atoms with van der Waals surface area (Å²) in [6, 6.07) is 0. The van der Waals surface area contributed by atoms with Crippen molar-refractivity contribution in [1.82, 2.24) is 0 Å². The van der Waals surface area contributed by atoms with Crippen LogP contribution in [0.5, 0.6) is 0 Å². The molecule has 0 aromatic rings. The van der Waals surface area contributed by atoms with Crippen molar-refractivity contribution < 1.29 is 22.7 Å². The van der Waals surface area contributed by atoms with Crippen LogP contribution in [0, 0.1) is 11.8 Å². The molecule has 1 heterocycles. The second-order valence-corrected chi connectivity index (χ2v) is 5.98. The zero-order valence-electron chi connectivity index (χ0n) is 8.73. The van der Waals surface area contributed by atoms with E-state index in [4.69, 9.17) is 0 Å². The number of methoxy groups -OCH3 is 1. The number of hydrogen-bond acceptors (Lipinski definition) is 5. The van der Waals surface area contributed by atoms with Crippen LogP contribution in [-0.2, 0) is 24.2 Å². The van der Waals surface area contributed by atoms with E-state index in [-0.39, 0.29) is 17.3 Å². The average Bonchev–Trinajstić information content (AvgIpc) is 2.55. The van der Waals surface area contributed by atoms with Crippen molar-refractivity contribution >= 4 is 21.6 Å². The second-order valence-electron chi connectivity index (χ2n) is 3.75. The minimum atomic E-state index is -3.08. The first kappa shape index (κ1) is 12.2. The first-order valence-corrected chi connectivity index (χ1v) is 6.51. The van der Waals surface area contributed by atoms with Gasteiger partial charge in [-0.3, -0.25) is 9.59 Å². The molecule has 0 aliphatic carbocycles. The van der Waals surface area contributed by atoms with Crippen LogP contribution in [0.4, 0.5) is 0 Å². The Hall–Kier alpha value is -0.910. The van der Waals surface area contributed by atoms with Crippen LogP contribution in [-0.4, -0.2) is 38.8 Å². The highest BCUT2D eigenvalue weighted by Crippen LogP contribution is 2.22. The number of rotatable bonds is 3. The van der Waals surface area contributed by atoms with Crippen molar-refractivity contribution in [3.8, 4) is 0 Å². The van der Waals surface area contributed by atoms with Gasteiger partial charge in [0.25, 0.3) is 0 Å². The Kier molecular flexibility index (Phi) is 3.49. The van der Waals surface area contributed by atoms with Gasteiger partial charge in [-0.2, -0.15) is 0 Å². The molecule has 0 N–H and O–H groups in total. The molecule has 0 spiro atoms. The number of carbonyl (C=O) groups is 2. The maximum absolute atomic E-state index is 11.7. The van der Waals surface area contributed by atoms with Crippen LogP contribution in [0.3, 0.4) is 0 Å². The number of carbonyl (C=O) groups excluding carboxylic acids is 2. The summed E-state index contributed by atoms with van der Waals surface area (Å²) in [7, 11) is -1.87. The van der Waals surface area contributed by atoms with Gasteiger partial charge in [-0.1, -0.05) is 0 Å². The molecule has 0 aromatic carbocycles. The van der Waals surface area contributed by atoms with E-state index < -0.39 is 27.6 Å². The molecule has 0 amide bonds. The molecule has 0 saturated carbocycles. The molecule has 6 heteroatoms. The Bertz CT molecular complexity index is 370. The normalized spacial score (nSPS) is 25.9. The summed E-state index contributed by atoms with van der Waals surface area (Å²) in [5, 5.41) is 0. The van der Waals surface area contributed by atoms with Gasteiger partial charge in [0.15, 0.2) is 15.6 Å². The van der Waals surface area contributed by atoms with Gasteiger partial charge in [-0.05, 0) is 13.3 Å².